The van der Waals surface area contributed by atoms with Crippen molar-refractivity contribution in [1.29, 1.82) is 0 Å². The van der Waals surface area contributed by atoms with Crippen LogP contribution in [0.2, 0.25) is 0 Å². The molecule has 33 heavy (non-hydrogen) atoms. The average Bonchev–Trinajstić information content (AvgIpc) is 2.79. The number of fused-ring (bicyclic) bond motifs is 1. The molecule has 0 saturated carbocycles. The smallest absolute Gasteiger partial charge is 0.341 e. The Balaban J connectivity index is 2.09. The van der Waals surface area contributed by atoms with Gasteiger partial charge in [0, 0.05) is 32.7 Å². The maximum Gasteiger partial charge on any atom is 0.341 e. The number of carbonyl (C=O) groups is 3. The first-order valence-corrected chi connectivity index (χ1v) is 9.85. The Morgan fingerprint density at radius 1 is 1.06 bits per heavy atom. The number of halogens is 1. The van der Waals surface area contributed by atoms with E-state index < -0.39 is 23.7 Å². The van der Waals surface area contributed by atoms with Crippen LogP contribution >= 0.6 is 0 Å². The van der Waals surface area contributed by atoms with E-state index in [4.69, 9.17) is 4.74 Å². The largest absolute Gasteiger partial charge is 0.505 e. The van der Waals surface area contributed by atoms with Gasteiger partial charge in [-0.3, -0.25) is 15.2 Å². The lowest BCUT2D eigenvalue weighted by atomic mass is 9.99. The number of hydrogen-bond donors (Lipinski definition) is 2. The van der Waals surface area contributed by atoms with Gasteiger partial charge in [0.25, 0.3) is 5.91 Å². The number of amides is 3. The van der Waals surface area contributed by atoms with Crippen molar-refractivity contribution < 1.29 is 28.6 Å². The molecule has 0 aliphatic rings. The Kier molecular flexibility index (Phi) is 6.76. The predicted octanol–water partition coefficient (Wildman–Crippen LogP) is 2.72. The summed E-state index contributed by atoms with van der Waals surface area (Å²) in [7, 11) is 5.58. The molecule has 0 aliphatic carbocycles. The molecule has 1 aromatic heterocycles. The fraction of sp³-hybridized carbons (Fsp3) is 0.217. The van der Waals surface area contributed by atoms with Crippen molar-refractivity contribution in [3.05, 3.63) is 70.7 Å². The number of hydrazine groups is 1. The lowest BCUT2D eigenvalue weighted by Crippen LogP contribution is -2.47. The third-order valence-corrected chi connectivity index (χ3v) is 4.91. The lowest BCUT2D eigenvalue weighted by Gasteiger charge is -2.22. The van der Waals surface area contributed by atoms with Gasteiger partial charge in [0.05, 0.1) is 12.7 Å². The van der Waals surface area contributed by atoms with Crippen LogP contribution in [0.3, 0.4) is 0 Å². The molecule has 3 amide bonds. The minimum Gasteiger partial charge on any atom is -0.505 e. The third kappa shape index (κ3) is 5.00. The lowest BCUT2D eigenvalue weighted by molar-refractivity contribution is 0.0597. The molecule has 3 aromatic rings. The number of benzene rings is 2. The SMILES string of the molecule is COC(=O)c1cc(C(=O)NN(C)C(=O)N(C)C)c2cc(Cc3ccc(F)cc3)cnc2c1O. The first-order chi connectivity index (χ1) is 15.6. The molecular formula is C23H23FN4O5. The van der Waals surface area contributed by atoms with Gasteiger partial charge in [-0.15, -0.1) is 0 Å². The number of nitrogens with one attached hydrogen (secondary N) is 1. The number of phenols is 1. The molecule has 3 rings (SSSR count). The summed E-state index contributed by atoms with van der Waals surface area (Å²) in [4.78, 5) is 42.9. The number of aromatic nitrogens is 1. The van der Waals surface area contributed by atoms with Crippen molar-refractivity contribution in [1.82, 2.24) is 20.3 Å². The number of rotatable bonds is 4. The number of nitrogens with zero attached hydrogens (tertiary/aromatic N) is 3. The molecular weight excluding hydrogens is 431 g/mol. The minimum atomic E-state index is -0.849. The molecule has 2 aromatic carbocycles. The summed E-state index contributed by atoms with van der Waals surface area (Å²) in [6, 6.07) is 8.31. The van der Waals surface area contributed by atoms with Crippen LogP contribution in [0.4, 0.5) is 9.18 Å². The van der Waals surface area contributed by atoms with Crippen molar-refractivity contribution in [3.63, 3.8) is 0 Å². The zero-order valence-electron chi connectivity index (χ0n) is 18.5. The van der Waals surface area contributed by atoms with Gasteiger partial charge in [0.1, 0.15) is 16.9 Å². The molecule has 0 atom stereocenters. The number of pyridine rings is 1. The zero-order valence-corrected chi connectivity index (χ0v) is 18.5. The van der Waals surface area contributed by atoms with Crippen LogP contribution in [0, 0.1) is 5.82 Å². The van der Waals surface area contributed by atoms with E-state index in [0.717, 1.165) is 17.7 Å². The molecule has 2 N–H and O–H groups in total. The number of urea groups is 1. The Morgan fingerprint density at radius 2 is 1.73 bits per heavy atom. The highest BCUT2D eigenvalue weighted by Crippen LogP contribution is 2.32. The number of carbonyl (C=O) groups excluding carboxylic acids is 3. The quantitative estimate of drug-likeness (QED) is 0.463. The van der Waals surface area contributed by atoms with Crippen molar-refractivity contribution >= 4 is 28.8 Å². The van der Waals surface area contributed by atoms with Crippen LogP contribution in [-0.2, 0) is 11.2 Å². The second-order valence-corrected chi connectivity index (χ2v) is 7.53. The van der Waals surface area contributed by atoms with Gasteiger partial charge in [-0.25, -0.2) is 19.0 Å². The molecule has 1 heterocycles. The monoisotopic (exact) mass is 454 g/mol. The summed E-state index contributed by atoms with van der Waals surface area (Å²) < 4.78 is 17.9. The van der Waals surface area contributed by atoms with Gasteiger partial charge >= 0.3 is 12.0 Å². The molecule has 0 saturated heterocycles. The second kappa shape index (κ2) is 9.51. The number of aromatic hydroxyl groups is 1. The summed E-state index contributed by atoms with van der Waals surface area (Å²) in [6.07, 6.45) is 1.89. The molecule has 0 fully saturated rings. The van der Waals surface area contributed by atoms with Crippen LogP contribution < -0.4 is 5.43 Å². The molecule has 0 spiro atoms. The first kappa shape index (κ1) is 23.5. The Hall–Kier alpha value is -4.21. The maximum absolute atomic E-state index is 13.2. The summed E-state index contributed by atoms with van der Waals surface area (Å²) in [5, 5.41) is 11.9. The van der Waals surface area contributed by atoms with Crippen LogP contribution in [-0.4, -0.2) is 66.2 Å². The van der Waals surface area contributed by atoms with Crippen LogP contribution in [0.15, 0.2) is 42.6 Å². The predicted molar refractivity (Wildman–Crippen MR) is 118 cm³/mol. The van der Waals surface area contributed by atoms with E-state index >= 15 is 0 Å². The zero-order chi connectivity index (χ0) is 24.3. The molecule has 0 radical (unpaired) electrons. The van der Waals surface area contributed by atoms with Gasteiger partial charge in [0.15, 0.2) is 5.75 Å². The number of esters is 1. The minimum absolute atomic E-state index is 0.00932. The van der Waals surface area contributed by atoms with Gasteiger partial charge in [0.2, 0.25) is 0 Å². The molecule has 0 bridgehead atoms. The highest BCUT2D eigenvalue weighted by molar-refractivity contribution is 6.11. The van der Waals surface area contributed by atoms with E-state index in [9.17, 15) is 23.9 Å². The summed E-state index contributed by atoms with van der Waals surface area (Å²) in [5.41, 5.74) is 3.74. The van der Waals surface area contributed by atoms with Crippen molar-refractivity contribution in [2.24, 2.45) is 0 Å². The number of phenolic OH excluding ortho intramolecular Hbond substituents is 1. The Morgan fingerprint density at radius 3 is 2.33 bits per heavy atom. The second-order valence-electron chi connectivity index (χ2n) is 7.53. The van der Waals surface area contributed by atoms with Crippen molar-refractivity contribution in [2.45, 2.75) is 6.42 Å². The van der Waals surface area contributed by atoms with Crippen LogP contribution in [0.25, 0.3) is 10.9 Å². The molecule has 9 nitrogen and oxygen atoms in total. The van der Waals surface area contributed by atoms with Gasteiger partial charge in [-0.2, -0.15) is 0 Å². The van der Waals surface area contributed by atoms with E-state index in [0.29, 0.717) is 12.0 Å². The topological polar surface area (TPSA) is 112 Å². The van der Waals surface area contributed by atoms with Crippen LogP contribution in [0.1, 0.15) is 31.8 Å². The first-order valence-electron chi connectivity index (χ1n) is 9.85. The van der Waals surface area contributed by atoms with Crippen molar-refractivity contribution in [2.75, 3.05) is 28.3 Å². The summed E-state index contributed by atoms with van der Waals surface area (Å²) in [5.74, 6) is -2.33. The highest BCUT2D eigenvalue weighted by Gasteiger charge is 2.24. The number of hydrogen-bond acceptors (Lipinski definition) is 6. The standard InChI is InChI=1S/C23H23FN4O5/c1-27(2)23(32)28(3)26-21(30)17-11-18(22(31)33-4)20(29)19-16(17)10-14(12-25-19)9-13-5-7-15(24)8-6-13/h5-8,10-12,29H,9H2,1-4H3,(H,26,30). The van der Waals surface area contributed by atoms with E-state index in [1.165, 1.54) is 50.4 Å². The van der Waals surface area contributed by atoms with Gasteiger partial charge in [-0.05, 0) is 41.8 Å². The molecule has 0 unspecified atom stereocenters. The van der Waals surface area contributed by atoms with E-state index in [1.807, 2.05) is 0 Å². The summed E-state index contributed by atoms with van der Waals surface area (Å²) in [6.45, 7) is 0. The van der Waals surface area contributed by atoms with E-state index in [2.05, 4.69) is 10.4 Å². The summed E-state index contributed by atoms with van der Waals surface area (Å²) >= 11 is 0. The third-order valence-electron chi connectivity index (χ3n) is 4.91. The highest BCUT2D eigenvalue weighted by atomic mass is 19.1. The van der Waals surface area contributed by atoms with Crippen LogP contribution in [0.5, 0.6) is 5.75 Å². The maximum atomic E-state index is 13.2. The Bertz CT molecular complexity index is 1230. The van der Waals surface area contributed by atoms with Gasteiger partial charge < -0.3 is 14.7 Å². The molecule has 10 heteroatoms. The molecule has 0 aliphatic heterocycles. The van der Waals surface area contributed by atoms with Crippen molar-refractivity contribution in [3.8, 4) is 5.75 Å². The fourth-order valence-electron chi connectivity index (χ4n) is 3.27. The average molecular weight is 454 g/mol. The molecule has 172 valence electrons. The van der Waals surface area contributed by atoms with Gasteiger partial charge in [-0.1, -0.05) is 12.1 Å². The Labute approximate surface area is 189 Å². The fourth-order valence-corrected chi connectivity index (χ4v) is 3.27. The normalized spacial score (nSPS) is 10.6. The number of ether oxygens (including phenoxy) is 1. The van der Waals surface area contributed by atoms with E-state index in [1.54, 1.807) is 18.2 Å². The number of methoxy groups -OCH3 is 1. The van der Waals surface area contributed by atoms with E-state index in [-0.39, 0.29) is 27.8 Å².